The number of anilines is 1. The maximum atomic E-state index is 12.7. The summed E-state index contributed by atoms with van der Waals surface area (Å²) in [6, 6.07) is 7.57. The molecule has 2 rings (SSSR count). The molecule has 25 heavy (non-hydrogen) atoms. The van der Waals surface area contributed by atoms with Crippen LogP contribution >= 0.6 is 0 Å². The first-order valence-corrected chi connectivity index (χ1v) is 8.96. The summed E-state index contributed by atoms with van der Waals surface area (Å²) in [4.78, 5) is 0.111. The van der Waals surface area contributed by atoms with Crippen molar-refractivity contribution in [3.63, 3.8) is 0 Å². The fourth-order valence-corrected chi connectivity index (χ4v) is 3.78. The first-order valence-electron chi connectivity index (χ1n) is 7.31. The van der Waals surface area contributed by atoms with E-state index >= 15 is 0 Å². The second-order valence-corrected chi connectivity index (χ2v) is 7.19. The topological polar surface area (TPSA) is 97.1 Å². The Bertz CT molecular complexity index is 838. The van der Waals surface area contributed by atoms with Crippen molar-refractivity contribution in [1.29, 1.82) is 0 Å². The molecule has 0 aromatic heterocycles. The van der Waals surface area contributed by atoms with E-state index in [1.165, 1.54) is 46.6 Å². The summed E-state index contributed by atoms with van der Waals surface area (Å²) in [5, 5.41) is 0. The lowest BCUT2D eigenvalue weighted by Crippen LogP contribution is -2.07. The van der Waals surface area contributed by atoms with Crippen molar-refractivity contribution in [3.05, 3.63) is 35.9 Å². The van der Waals surface area contributed by atoms with Crippen LogP contribution in [-0.2, 0) is 15.6 Å². The van der Waals surface area contributed by atoms with Crippen molar-refractivity contribution in [1.82, 2.24) is 0 Å². The molecule has 0 aliphatic carbocycles. The van der Waals surface area contributed by atoms with E-state index in [0.717, 1.165) is 0 Å². The summed E-state index contributed by atoms with van der Waals surface area (Å²) in [6.45, 7) is 0. The van der Waals surface area contributed by atoms with Crippen LogP contribution in [0, 0.1) is 0 Å². The highest BCUT2D eigenvalue weighted by molar-refractivity contribution is 7.90. The number of methoxy groups -OCH3 is 4. The summed E-state index contributed by atoms with van der Waals surface area (Å²) in [7, 11) is 2.28. The molecular weight excluding hydrogens is 346 g/mol. The number of nitrogen functional groups attached to an aromatic ring is 1. The smallest absolute Gasteiger partial charge is 0.203 e. The van der Waals surface area contributed by atoms with Gasteiger partial charge in [-0.3, -0.25) is 0 Å². The van der Waals surface area contributed by atoms with Crippen molar-refractivity contribution in [3.8, 4) is 23.0 Å². The van der Waals surface area contributed by atoms with Crippen LogP contribution in [0.3, 0.4) is 0 Å². The lowest BCUT2D eigenvalue weighted by Gasteiger charge is -2.14. The van der Waals surface area contributed by atoms with Gasteiger partial charge in [0.1, 0.15) is 5.75 Å². The Balaban J connectivity index is 2.42. The van der Waals surface area contributed by atoms with Crippen LogP contribution in [0.1, 0.15) is 5.56 Å². The highest BCUT2D eigenvalue weighted by Gasteiger charge is 2.20. The predicted octanol–water partition coefficient (Wildman–Crippen LogP) is 2.28. The molecular formula is C17H21NO6S. The molecule has 7 nitrogen and oxygen atoms in total. The van der Waals surface area contributed by atoms with E-state index in [2.05, 4.69) is 0 Å². The van der Waals surface area contributed by atoms with E-state index in [1.54, 1.807) is 12.1 Å². The number of sulfone groups is 1. The van der Waals surface area contributed by atoms with E-state index in [-0.39, 0.29) is 16.3 Å². The Hall–Kier alpha value is -2.61. The van der Waals surface area contributed by atoms with Crippen LogP contribution in [0.5, 0.6) is 23.0 Å². The predicted molar refractivity (Wildman–Crippen MR) is 94.4 cm³/mol. The summed E-state index contributed by atoms with van der Waals surface area (Å²) in [5.41, 5.74) is 6.57. The van der Waals surface area contributed by atoms with Crippen LogP contribution in [0.4, 0.5) is 5.69 Å². The average Bonchev–Trinajstić information content (AvgIpc) is 2.60. The summed E-state index contributed by atoms with van der Waals surface area (Å²) >= 11 is 0. The van der Waals surface area contributed by atoms with Gasteiger partial charge in [-0.15, -0.1) is 0 Å². The molecule has 0 bridgehead atoms. The Morgan fingerprint density at radius 2 is 1.40 bits per heavy atom. The van der Waals surface area contributed by atoms with Crippen molar-refractivity contribution in [2.75, 3.05) is 34.2 Å². The third kappa shape index (κ3) is 3.90. The zero-order valence-corrected chi connectivity index (χ0v) is 15.3. The first-order chi connectivity index (χ1) is 11.9. The fourth-order valence-electron chi connectivity index (χ4n) is 2.43. The second-order valence-electron chi connectivity index (χ2n) is 5.20. The van der Waals surface area contributed by atoms with Gasteiger partial charge in [0.2, 0.25) is 5.75 Å². The number of hydrogen-bond acceptors (Lipinski definition) is 7. The molecule has 0 aliphatic rings. The minimum Gasteiger partial charge on any atom is -0.495 e. The van der Waals surface area contributed by atoms with Gasteiger partial charge >= 0.3 is 0 Å². The van der Waals surface area contributed by atoms with Gasteiger partial charge in [0, 0.05) is 0 Å². The fraction of sp³-hybridized carbons (Fsp3) is 0.294. The molecule has 8 heteroatoms. The molecule has 0 spiro atoms. The molecule has 0 saturated carbocycles. The maximum Gasteiger partial charge on any atom is 0.203 e. The quantitative estimate of drug-likeness (QED) is 0.750. The summed E-state index contributed by atoms with van der Waals surface area (Å²) < 4.78 is 46.2. The zero-order chi connectivity index (χ0) is 18.6. The number of ether oxygens (including phenoxy) is 4. The molecule has 0 amide bonds. The van der Waals surface area contributed by atoms with Gasteiger partial charge in [-0.1, -0.05) is 0 Å². The molecule has 136 valence electrons. The monoisotopic (exact) mass is 367 g/mol. The zero-order valence-electron chi connectivity index (χ0n) is 14.5. The van der Waals surface area contributed by atoms with Gasteiger partial charge in [0.25, 0.3) is 0 Å². The van der Waals surface area contributed by atoms with Crippen molar-refractivity contribution in [2.24, 2.45) is 0 Å². The van der Waals surface area contributed by atoms with E-state index in [9.17, 15) is 8.42 Å². The van der Waals surface area contributed by atoms with Crippen LogP contribution in [-0.4, -0.2) is 36.9 Å². The number of benzene rings is 2. The minimum absolute atomic E-state index is 0.111. The van der Waals surface area contributed by atoms with Gasteiger partial charge in [0.05, 0.1) is 44.8 Å². The molecule has 0 unspecified atom stereocenters. The normalized spacial score (nSPS) is 11.0. The van der Waals surface area contributed by atoms with Crippen LogP contribution in [0.25, 0.3) is 0 Å². The van der Waals surface area contributed by atoms with E-state index in [4.69, 9.17) is 24.7 Å². The van der Waals surface area contributed by atoms with Crippen LogP contribution in [0.2, 0.25) is 0 Å². The summed E-state index contributed by atoms with van der Waals surface area (Å²) in [6.07, 6.45) is 0. The van der Waals surface area contributed by atoms with Crippen LogP contribution < -0.4 is 24.7 Å². The number of hydrogen-bond donors (Lipinski definition) is 1. The standard InChI is InChI=1S/C17H21NO6S/c1-21-14-6-5-12(9-13(14)18)25(19,20)10-11-7-15(22-2)17(24-4)16(8-11)23-3/h5-9H,10,18H2,1-4H3. The third-order valence-corrected chi connectivity index (χ3v) is 5.33. The molecule has 2 aromatic rings. The summed E-state index contributed by atoms with van der Waals surface area (Å²) in [5.74, 6) is 1.37. The molecule has 0 aliphatic heterocycles. The molecule has 0 atom stereocenters. The number of rotatable bonds is 7. The van der Waals surface area contributed by atoms with Gasteiger partial charge in [-0.25, -0.2) is 8.42 Å². The molecule has 0 saturated heterocycles. The van der Waals surface area contributed by atoms with Gasteiger partial charge in [-0.2, -0.15) is 0 Å². The molecule has 0 fully saturated rings. The highest BCUT2D eigenvalue weighted by Crippen LogP contribution is 2.39. The van der Waals surface area contributed by atoms with Gasteiger partial charge in [0.15, 0.2) is 21.3 Å². The number of nitrogens with two attached hydrogens (primary N) is 1. The third-order valence-electron chi connectivity index (χ3n) is 3.64. The van der Waals surface area contributed by atoms with E-state index < -0.39 is 9.84 Å². The molecule has 2 aromatic carbocycles. The van der Waals surface area contributed by atoms with Gasteiger partial charge in [-0.05, 0) is 35.9 Å². The van der Waals surface area contributed by atoms with Crippen molar-refractivity contribution in [2.45, 2.75) is 10.6 Å². The Kier molecular flexibility index (Phi) is 5.63. The Labute approximate surface area is 147 Å². The lowest BCUT2D eigenvalue weighted by molar-refractivity contribution is 0.324. The lowest BCUT2D eigenvalue weighted by atomic mass is 10.2. The minimum atomic E-state index is -3.62. The highest BCUT2D eigenvalue weighted by atomic mass is 32.2. The van der Waals surface area contributed by atoms with Gasteiger partial charge < -0.3 is 24.7 Å². The molecule has 0 heterocycles. The Morgan fingerprint density at radius 1 is 0.840 bits per heavy atom. The maximum absolute atomic E-state index is 12.7. The first kappa shape index (κ1) is 18.7. The molecule has 2 N–H and O–H groups in total. The van der Waals surface area contributed by atoms with Crippen molar-refractivity contribution < 1.29 is 27.4 Å². The SMILES string of the molecule is COc1ccc(S(=O)(=O)Cc2cc(OC)c(OC)c(OC)c2)cc1N. The molecule has 0 radical (unpaired) electrons. The largest absolute Gasteiger partial charge is 0.495 e. The Morgan fingerprint density at radius 3 is 1.84 bits per heavy atom. The second kappa shape index (κ2) is 7.52. The average molecular weight is 367 g/mol. The van der Waals surface area contributed by atoms with Crippen LogP contribution in [0.15, 0.2) is 35.2 Å². The van der Waals surface area contributed by atoms with E-state index in [1.807, 2.05) is 0 Å². The van der Waals surface area contributed by atoms with E-state index in [0.29, 0.717) is 28.6 Å². The van der Waals surface area contributed by atoms with Crippen molar-refractivity contribution >= 4 is 15.5 Å².